The first-order valence-electron chi connectivity index (χ1n) is 6.17. The van der Waals surface area contributed by atoms with Crippen molar-refractivity contribution in [2.75, 3.05) is 11.5 Å². The smallest absolute Gasteiger partial charge is 0.336 e. The summed E-state index contributed by atoms with van der Waals surface area (Å²) in [6.07, 6.45) is 1.72. The molecule has 4 nitrogen and oxygen atoms in total. The lowest BCUT2D eigenvalue weighted by atomic mass is 10.0. The number of carbonyl (C=O) groups is 2. The minimum Gasteiger partial charge on any atom is -0.481 e. The standard InChI is InChI=1S/C6H10O2S.C5H4O2S.C2H6/c7-6(8)5-1-3-9-4-2-5;6-5(7)4-1-2-8-3-4;1-2/h5H,1-4H2,(H,7,8);1-3H,(H,6,7);1-2H3. The molecule has 0 bridgehead atoms. The van der Waals surface area contributed by atoms with Crippen LogP contribution in [0.1, 0.15) is 37.0 Å². The zero-order valence-corrected chi connectivity index (χ0v) is 12.8. The van der Waals surface area contributed by atoms with Gasteiger partial charge in [0.05, 0.1) is 11.5 Å². The maximum atomic E-state index is 10.3. The van der Waals surface area contributed by atoms with E-state index in [2.05, 4.69) is 0 Å². The van der Waals surface area contributed by atoms with Crippen LogP contribution in [0.15, 0.2) is 16.8 Å². The number of thioether (sulfide) groups is 1. The fourth-order valence-electron chi connectivity index (χ4n) is 1.33. The van der Waals surface area contributed by atoms with Crippen LogP contribution in [-0.2, 0) is 4.79 Å². The molecule has 2 N–H and O–H groups in total. The van der Waals surface area contributed by atoms with Crippen LogP contribution >= 0.6 is 23.1 Å². The molecule has 0 amide bonds. The molecule has 2 rings (SSSR count). The van der Waals surface area contributed by atoms with Crippen LogP contribution in [0.5, 0.6) is 0 Å². The average Bonchev–Trinajstić information content (AvgIpc) is 2.97. The molecule has 0 radical (unpaired) electrons. The van der Waals surface area contributed by atoms with Crippen LogP contribution in [-0.4, -0.2) is 33.7 Å². The van der Waals surface area contributed by atoms with Crippen molar-refractivity contribution in [1.82, 2.24) is 0 Å². The molecule has 1 fully saturated rings. The summed E-state index contributed by atoms with van der Waals surface area (Å²) in [4.78, 5) is 20.4. The highest BCUT2D eigenvalue weighted by molar-refractivity contribution is 7.99. The first-order chi connectivity index (χ1) is 9.11. The minimum atomic E-state index is -0.855. The third kappa shape index (κ3) is 7.89. The Hall–Kier alpha value is -1.01. The van der Waals surface area contributed by atoms with Crippen LogP contribution in [0.3, 0.4) is 0 Å². The summed E-state index contributed by atoms with van der Waals surface area (Å²) in [6, 6.07) is 1.58. The van der Waals surface area contributed by atoms with Gasteiger partial charge in [0.2, 0.25) is 0 Å². The number of thiophene rings is 1. The Morgan fingerprint density at radius 3 is 2.05 bits per heavy atom. The molecule has 1 aliphatic rings. The van der Waals surface area contributed by atoms with Crippen LogP contribution < -0.4 is 0 Å². The molecule has 1 saturated heterocycles. The second kappa shape index (κ2) is 10.9. The second-order valence-corrected chi connectivity index (χ2v) is 5.55. The van der Waals surface area contributed by atoms with Gasteiger partial charge in [-0.05, 0) is 35.8 Å². The summed E-state index contributed by atoms with van der Waals surface area (Å²) < 4.78 is 0. The van der Waals surface area contributed by atoms with Crippen LogP contribution in [0.4, 0.5) is 0 Å². The molecule has 6 heteroatoms. The zero-order valence-electron chi connectivity index (χ0n) is 11.2. The van der Waals surface area contributed by atoms with E-state index >= 15 is 0 Å². The normalized spacial score (nSPS) is 14.4. The van der Waals surface area contributed by atoms with Crippen molar-refractivity contribution in [3.8, 4) is 0 Å². The number of hydrogen-bond donors (Lipinski definition) is 2. The van der Waals surface area contributed by atoms with E-state index in [0.29, 0.717) is 5.56 Å². The molecule has 1 aromatic heterocycles. The number of rotatable bonds is 2. The molecule has 0 atom stereocenters. The van der Waals surface area contributed by atoms with Gasteiger partial charge < -0.3 is 10.2 Å². The fraction of sp³-hybridized carbons (Fsp3) is 0.538. The van der Waals surface area contributed by atoms with Gasteiger partial charge in [0.1, 0.15) is 0 Å². The Morgan fingerprint density at radius 1 is 1.21 bits per heavy atom. The van der Waals surface area contributed by atoms with Gasteiger partial charge in [-0.2, -0.15) is 23.1 Å². The van der Waals surface area contributed by atoms with Crippen molar-refractivity contribution < 1.29 is 19.8 Å². The number of hydrogen-bond acceptors (Lipinski definition) is 4. The van der Waals surface area contributed by atoms with E-state index in [0.717, 1.165) is 24.3 Å². The van der Waals surface area contributed by atoms with Gasteiger partial charge in [0.15, 0.2) is 0 Å². The summed E-state index contributed by atoms with van der Waals surface area (Å²) in [6.45, 7) is 4.00. The van der Waals surface area contributed by atoms with Crippen molar-refractivity contribution >= 4 is 35.0 Å². The highest BCUT2D eigenvalue weighted by Crippen LogP contribution is 2.22. The third-order valence-electron chi connectivity index (χ3n) is 2.34. The summed E-state index contributed by atoms with van der Waals surface area (Å²) in [5.74, 6) is 0.529. The number of carboxylic acid groups (broad SMARTS) is 2. The van der Waals surface area contributed by atoms with Crippen LogP contribution in [0.2, 0.25) is 0 Å². The first-order valence-corrected chi connectivity index (χ1v) is 8.27. The predicted molar refractivity (Wildman–Crippen MR) is 80.3 cm³/mol. The summed E-state index contributed by atoms with van der Waals surface area (Å²) >= 11 is 3.24. The van der Waals surface area contributed by atoms with E-state index in [1.807, 2.05) is 25.6 Å². The van der Waals surface area contributed by atoms with Crippen molar-refractivity contribution in [1.29, 1.82) is 0 Å². The summed E-state index contributed by atoms with van der Waals surface area (Å²) in [7, 11) is 0. The molecule has 19 heavy (non-hydrogen) atoms. The first kappa shape index (κ1) is 18.0. The lowest BCUT2D eigenvalue weighted by Gasteiger charge is -2.16. The highest BCUT2D eigenvalue weighted by Gasteiger charge is 2.19. The van der Waals surface area contributed by atoms with E-state index in [1.54, 1.807) is 16.8 Å². The number of aromatic carboxylic acids is 1. The Bertz CT molecular complexity index is 357. The van der Waals surface area contributed by atoms with Crippen molar-refractivity contribution in [3.63, 3.8) is 0 Å². The molecule has 1 aromatic rings. The minimum absolute atomic E-state index is 0.0498. The maximum absolute atomic E-state index is 10.3. The van der Waals surface area contributed by atoms with Crippen molar-refractivity contribution in [2.45, 2.75) is 26.7 Å². The SMILES string of the molecule is CC.O=C(O)C1CCSCC1.O=C(O)c1ccsc1. The van der Waals surface area contributed by atoms with Gasteiger partial charge in [-0.1, -0.05) is 13.8 Å². The third-order valence-corrected chi connectivity index (χ3v) is 4.07. The summed E-state index contributed by atoms with van der Waals surface area (Å²) in [5, 5.41) is 20.1. The Kier molecular flexibility index (Phi) is 10.3. The van der Waals surface area contributed by atoms with Crippen molar-refractivity contribution in [3.05, 3.63) is 22.4 Å². The molecule has 0 aromatic carbocycles. The molecule has 2 heterocycles. The molecular formula is C13H20O4S2. The monoisotopic (exact) mass is 304 g/mol. The van der Waals surface area contributed by atoms with E-state index in [1.165, 1.54) is 11.3 Å². The largest absolute Gasteiger partial charge is 0.481 e. The lowest BCUT2D eigenvalue weighted by molar-refractivity contribution is -0.141. The molecule has 0 spiro atoms. The topological polar surface area (TPSA) is 74.6 Å². The number of carboxylic acids is 2. The van der Waals surface area contributed by atoms with Crippen molar-refractivity contribution in [2.24, 2.45) is 5.92 Å². The number of aliphatic carboxylic acids is 1. The van der Waals surface area contributed by atoms with Crippen LogP contribution in [0, 0.1) is 5.92 Å². The van der Waals surface area contributed by atoms with E-state index in [9.17, 15) is 9.59 Å². The van der Waals surface area contributed by atoms with Crippen LogP contribution in [0.25, 0.3) is 0 Å². The molecule has 108 valence electrons. The maximum Gasteiger partial charge on any atom is 0.336 e. The summed E-state index contributed by atoms with van der Waals surface area (Å²) in [5.41, 5.74) is 0.370. The lowest BCUT2D eigenvalue weighted by Crippen LogP contribution is -2.18. The Labute approximate surface area is 121 Å². The van der Waals surface area contributed by atoms with Gasteiger partial charge in [0.25, 0.3) is 0 Å². The van der Waals surface area contributed by atoms with E-state index < -0.39 is 11.9 Å². The second-order valence-electron chi connectivity index (χ2n) is 3.54. The molecule has 0 unspecified atom stereocenters. The Balaban J connectivity index is 0.000000303. The molecule has 1 aliphatic heterocycles. The van der Waals surface area contributed by atoms with Gasteiger partial charge >= 0.3 is 11.9 Å². The predicted octanol–water partition coefficient (Wildman–Crippen LogP) is 3.69. The zero-order chi connectivity index (χ0) is 14.7. The fourth-order valence-corrected chi connectivity index (χ4v) is 3.07. The quantitative estimate of drug-likeness (QED) is 0.871. The van der Waals surface area contributed by atoms with Gasteiger partial charge in [-0.3, -0.25) is 4.79 Å². The molecule has 0 saturated carbocycles. The van der Waals surface area contributed by atoms with E-state index in [-0.39, 0.29) is 5.92 Å². The van der Waals surface area contributed by atoms with Gasteiger partial charge in [-0.25, -0.2) is 4.79 Å². The molecular weight excluding hydrogens is 284 g/mol. The van der Waals surface area contributed by atoms with Gasteiger partial charge in [-0.15, -0.1) is 0 Å². The highest BCUT2D eigenvalue weighted by atomic mass is 32.2. The Morgan fingerprint density at radius 2 is 1.79 bits per heavy atom. The van der Waals surface area contributed by atoms with Gasteiger partial charge in [0, 0.05) is 5.38 Å². The average molecular weight is 304 g/mol. The molecule has 0 aliphatic carbocycles. The van der Waals surface area contributed by atoms with E-state index in [4.69, 9.17) is 10.2 Å².